The zero-order valence-corrected chi connectivity index (χ0v) is 36.0. The quantitative estimate of drug-likeness (QED) is 0.145. The van der Waals surface area contributed by atoms with Crippen LogP contribution < -0.4 is 4.90 Å². The van der Waals surface area contributed by atoms with Gasteiger partial charge in [0.05, 0.1) is 5.69 Å². The van der Waals surface area contributed by atoms with Crippen LogP contribution in [0, 0.1) is 0 Å². The van der Waals surface area contributed by atoms with Crippen molar-refractivity contribution in [1.82, 2.24) is 0 Å². The lowest BCUT2D eigenvalue weighted by molar-refractivity contribution is 0.660. The van der Waals surface area contributed by atoms with Gasteiger partial charge in [0.25, 0.3) is 0 Å². The Morgan fingerprint density at radius 3 is 1.33 bits per heavy atom. The molecule has 11 aromatic rings. The highest BCUT2D eigenvalue weighted by Crippen LogP contribution is 2.53. The normalized spacial score (nSPS) is 12.7. The van der Waals surface area contributed by atoms with Crippen molar-refractivity contribution in [3.8, 4) is 55.6 Å². The van der Waals surface area contributed by atoms with Gasteiger partial charge in [-0.05, 0) is 130 Å². The predicted octanol–water partition coefficient (Wildman–Crippen LogP) is 17.6. The summed E-state index contributed by atoms with van der Waals surface area (Å²) in [6, 6.07) is 87.2. The van der Waals surface area contributed by atoms with E-state index in [0.29, 0.717) is 0 Å². The van der Waals surface area contributed by atoms with Crippen LogP contribution in [0.15, 0.2) is 237 Å². The van der Waals surface area contributed by atoms with Crippen molar-refractivity contribution in [3.05, 3.63) is 248 Å². The van der Waals surface area contributed by atoms with Crippen LogP contribution >= 0.6 is 0 Å². The van der Waals surface area contributed by atoms with E-state index in [2.05, 4.69) is 255 Å². The Labute approximate surface area is 375 Å². The molecule has 0 amide bonds. The van der Waals surface area contributed by atoms with Crippen LogP contribution in [-0.2, 0) is 5.41 Å². The largest absolute Gasteiger partial charge is 0.310 e. The average Bonchev–Trinajstić information content (AvgIpc) is 3.59. The molecule has 0 aromatic heterocycles. The third kappa shape index (κ3) is 6.15. The minimum absolute atomic E-state index is 0.241. The first kappa shape index (κ1) is 37.7. The number of anilines is 3. The third-order valence-electron chi connectivity index (χ3n) is 13.7. The molecule has 302 valence electrons. The number of fused-ring (bicyclic) bond motifs is 9. The van der Waals surface area contributed by atoms with E-state index in [0.717, 1.165) is 17.1 Å². The standard InChI is InChI=1S/C63H45N/c1-63(2)60-39-46(50-22-10-9-21-49(50)44-19-7-4-8-20-44)33-36-57(60)58-38-35-48(41-61(58)63)64(62-28-16-15-23-51(62)45-31-29-43(30-32-45)42-17-5-3-6-18-42)47-34-37-56-54-26-12-11-24-52(54)53-25-13-14-27-55(53)59(56)40-47/h3-41H,1-2H3. The molecule has 0 aliphatic heterocycles. The molecule has 0 heterocycles. The van der Waals surface area contributed by atoms with Gasteiger partial charge in [0, 0.05) is 22.4 Å². The molecule has 0 unspecified atom stereocenters. The van der Waals surface area contributed by atoms with E-state index in [-0.39, 0.29) is 5.41 Å². The molecule has 0 spiro atoms. The molecule has 0 saturated heterocycles. The third-order valence-corrected chi connectivity index (χ3v) is 13.7. The van der Waals surface area contributed by atoms with E-state index >= 15 is 0 Å². The summed E-state index contributed by atoms with van der Waals surface area (Å²) in [6.45, 7) is 4.79. The summed E-state index contributed by atoms with van der Waals surface area (Å²) < 4.78 is 0. The minimum Gasteiger partial charge on any atom is -0.310 e. The van der Waals surface area contributed by atoms with Crippen molar-refractivity contribution in [2.24, 2.45) is 0 Å². The van der Waals surface area contributed by atoms with Crippen molar-refractivity contribution in [1.29, 1.82) is 0 Å². The molecular formula is C63H45N. The van der Waals surface area contributed by atoms with Crippen LogP contribution in [0.1, 0.15) is 25.0 Å². The van der Waals surface area contributed by atoms with E-state index in [4.69, 9.17) is 0 Å². The van der Waals surface area contributed by atoms with Gasteiger partial charge >= 0.3 is 0 Å². The Morgan fingerprint density at radius 2 is 0.672 bits per heavy atom. The molecule has 0 fully saturated rings. The lowest BCUT2D eigenvalue weighted by Crippen LogP contribution is -2.17. The number of hydrogen-bond acceptors (Lipinski definition) is 1. The zero-order chi connectivity index (χ0) is 42.8. The smallest absolute Gasteiger partial charge is 0.0540 e. The lowest BCUT2D eigenvalue weighted by Gasteiger charge is -2.30. The molecule has 1 heteroatoms. The Hall–Kier alpha value is -8.00. The fraction of sp³-hybridized carbons (Fsp3) is 0.0476. The summed E-state index contributed by atoms with van der Waals surface area (Å²) in [6.07, 6.45) is 0. The van der Waals surface area contributed by atoms with Gasteiger partial charge in [-0.3, -0.25) is 0 Å². The first-order valence-electron chi connectivity index (χ1n) is 22.3. The monoisotopic (exact) mass is 815 g/mol. The average molecular weight is 816 g/mol. The second kappa shape index (κ2) is 15.1. The summed E-state index contributed by atoms with van der Waals surface area (Å²) in [5, 5.41) is 7.60. The van der Waals surface area contributed by atoms with E-state index in [1.54, 1.807) is 0 Å². The maximum atomic E-state index is 2.49. The van der Waals surface area contributed by atoms with Crippen molar-refractivity contribution < 1.29 is 0 Å². The molecule has 0 saturated carbocycles. The van der Waals surface area contributed by atoms with Crippen LogP contribution in [0.25, 0.3) is 88.0 Å². The summed E-state index contributed by atoms with van der Waals surface area (Å²) in [4.78, 5) is 2.49. The SMILES string of the molecule is CC1(C)c2cc(-c3ccccc3-c3ccccc3)ccc2-c2ccc(N(c3ccc4c5ccccc5c5ccccc5c4c3)c3ccccc3-c3ccc(-c4ccccc4)cc3)cc21. The summed E-state index contributed by atoms with van der Waals surface area (Å²) in [5.41, 5.74) is 18.2. The topological polar surface area (TPSA) is 3.24 Å². The number of hydrogen-bond donors (Lipinski definition) is 0. The Morgan fingerprint density at radius 1 is 0.266 bits per heavy atom. The molecule has 1 aliphatic carbocycles. The highest BCUT2D eigenvalue weighted by molar-refractivity contribution is 6.25. The number of rotatable bonds is 7. The molecule has 1 nitrogen and oxygen atoms in total. The van der Waals surface area contributed by atoms with E-state index in [1.807, 2.05) is 0 Å². The molecule has 1 aliphatic rings. The van der Waals surface area contributed by atoms with Crippen molar-refractivity contribution in [2.45, 2.75) is 19.3 Å². The number of para-hydroxylation sites is 1. The molecule has 0 N–H and O–H groups in total. The maximum Gasteiger partial charge on any atom is 0.0540 e. The Kier molecular flexibility index (Phi) is 8.91. The predicted molar refractivity (Wildman–Crippen MR) is 273 cm³/mol. The highest BCUT2D eigenvalue weighted by atomic mass is 15.1. The molecule has 0 bridgehead atoms. The van der Waals surface area contributed by atoms with E-state index in [9.17, 15) is 0 Å². The minimum atomic E-state index is -0.241. The van der Waals surface area contributed by atoms with Gasteiger partial charge in [0.15, 0.2) is 0 Å². The molecule has 12 rings (SSSR count). The van der Waals surface area contributed by atoms with Crippen molar-refractivity contribution in [3.63, 3.8) is 0 Å². The fourth-order valence-corrected chi connectivity index (χ4v) is 10.5. The van der Waals surface area contributed by atoms with Crippen LogP contribution in [0.4, 0.5) is 17.1 Å². The van der Waals surface area contributed by atoms with Crippen LogP contribution in [0.3, 0.4) is 0 Å². The number of nitrogens with zero attached hydrogens (tertiary/aromatic N) is 1. The number of benzene rings is 11. The second-order valence-corrected chi connectivity index (χ2v) is 17.6. The van der Waals surface area contributed by atoms with Gasteiger partial charge in [-0.2, -0.15) is 0 Å². The van der Waals surface area contributed by atoms with Gasteiger partial charge in [0.1, 0.15) is 0 Å². The van der Waals surface area contributed by atoms with Crippen molar-refractivity contribution >= 4 is 49.4 Å². The van der Waals surface area contributed by atoms with Gasteiger partial charge < -0.3 is 4.90 Å². The maximum absolute atomic E-state index is 2.49. The van der Waals surface area contributed by atoms with Crippen LogP contribution in [0.2, 0.25) is 0 Å². The molecule has 64 heavy (non-hydrogen) atoms. The lowest BCUT2D eigenvalue weighted by atomic mass is 9.81. The van der Waals surface area contributed by atoms with Gasteiger partial charge in [-0.25, -0.2) is 0 Å². The van der Waals surface area contributed by atoms with Crippen molar-refractivity contribution in [2.75, 3.05) is 4.90 Å². The Balaban J connectivity index is 1.03. The summed E-state index contributed by atoms with van der Waals surface area (Å²) in [5.74, 6) is 0. The van der Waals surface area contributed by atoms with Crippen LogP contribution in [0.5, 0.6) is 0 Å². The first-order valence-corrected chi connectivity index (χ1v) is 22.3. The highest BCUT2D eigenvalue weighted by Gasteiger charge is 2.36. The molecule has 0 radical (unpaired) electrons. The first-order chi connectivity index (χ1) is 31.5. The van der Waals surface area contributed by atoms with Gasteiger partial charge in [-0.15, -0.1) is 0 Å². The molecule has 0 atom stereocenters. The van der Waals surface area contributed by atoms with E-state index < -0.39 is 0 Å². The molecule has 11 aromatic carbocycles. The van der Waals surface area contributed by atoms with Crippen LogP contribution in [-0.4, -0.2) is 0 Å². The summed E-state index contributed by atoms with van der Waals surface area (Å²) >= 11 is 0. The Bertz CT molecular complexity index is 3530. The second-order valence-electron chi connectivity index (χ2n) is 17.6. The van der Waals surface area contributed by atoms with Gasteiger partial charge in [0.2, 0.25) is 0 Å². The fourth-order valence-electron chi connectivity index (χ4n) is 10.5. The van der Waals surface area contributed by atoms with E-state index in [1.165, 1.54) is 99.1 Å². The molecular weight excluding hydrogens is 771 g/mol. The van der Waals surface area contributed by atoms with Gasteiger partial charge in [-0.1, -0.05) is 214 Å². The summed E-state index contributed by atoms with van der Waals surface area (Å²) in [7, 11) is 0. The zero-order valence-electron chi connectivity index (χ0n) is 36.0.